The highest BCUT2D eigenvalue weighted by molar-refractivity contribution is 5.46. The molecule has 0 bridgehead atoms. The Morgan fingerprint density at radius 3 is 3.11 bits per heavy atom. The third kappa shape index (κ3) is 1.83. The van der Waals surface area contributed by atoms with Crippen LogP contribution in [0.4, 0.5) is 0 Å². The summed E-state index contributed by atoms with van der Waals surface area (Å²) in [6, 6.07) is 6.70. The number of nitrogens with one attached hydrogen (secondary N) is 1. The maximum Gasteiger partial charge on any atom is 0.119 e. The van der Waals surface area contributed by atoms with Crippen molar-refractivity contribution in [3.63, 3.8) is 0 Å². The van der Waals surface area contributed by atoms with E-state index in [1.807, 2.05) is 0 Å². The standard InChI is InChI=1S/C16H23NO/c1-3-17-11-13-10-16(13)8-4-5-12-9-14(18-2)6-7-15(12)16/h6-7,9,13,17H,3-5,8,10-11H2,1-2H3. The van der Waals surface area contributed by atoms with Gasteiger partial charge in [-0.1, -0.05) is 13.0 Å². The first-order valence-corrected chi connectivity index (χ1v) is 7.18. The molecule has 2 aliphatic carbocycles. The van der Waals surface area contributed by atoms with E-state index in [4.69, 9.17) is 4.74 Å². The van der Waals surface area contributed by atoms with Crippen LogP contribution in [0.25, 0.3) is 0 Å². The molecular formula is C16H23NO. The van der Waals surface area contributed by atoms with Crippen molar-refractivity contribution < 1.29 is 4.74 Å². The van der Waals surface area contributed by atoms with E-state index < -0.39 is 0 Å². The molecule has 0 amide bonds. The van der Waals surface area contributed by atoms with Crippen molar-refractivity contribution in [2.24, 2.45) is 5.92 Å². The lowest BCUT2D eigenvalue weighted by Gasteiger charge is -2.27. The number of hydrogen-bond acceptors (Lipinski definition) is 2. The van der Waals surface area contributed by atoms with Crippen LogP contribution >= 0.6 is 0 Å². The van der Waals surface area contributed by atoms with Crippen molar-refractivity contribution in [3.05, 3.63) is 29.3 Å². The zero-order chi connectivity index (χ0) is 12.6. The molecule has 1 fully saturated rings. The number of aryl methyl sites for hydroxylation is 1. The van der Waals surface area contributed by atoms with Crippen LogP contribution in [0.1, 0.15) is 37.3 Å². The van der Waals surface area contributed by atoms with E-state index >= 15 is 0 Å². The molecule has 1 aromatic carbocycles. The Balaban J connectivity index is 1.85. The van der Waals surface area contributed by atoms with Gasteiger partial charge in [0.15, 0.2) is 0 Å². The Hall–Kier alpha value is -1.02. The van der Waals surface area contributed by atoms with Crippen molar-refractivity contribution in [1.29, 1.82) is 0 Å². The Labute approximate surface area is 110 Å². The zero-order valence-electron chi connectivity index (χ0n) is 11.5. The maximum atomic E-state index is 5.35. The van der Waals surface area contributed by atoms with Crippen molar-refractivity contribution >= 4 is 0 Å². The van der Waals surface area contributed by atoms with Gasteiger partial charge in [0.05, 0.1) is 7.11 Å². The van der Waals surface area contributed by atoms with Gasteiger partial charge < -0.3 is 10.1 Å². The van der Waals surface area contributed by atoms with E-state index in [1.165, 1.54) is 37.8 Å². The SMILES string of the molecule is CCNCC1CC12CCCc1cc(OC)ccc12. The number of fused-ring (bicyclic) bond motifs is 2. The van der Waals surface area contributed by atoms with Gasteiger partial charge in [-0.25, -0.2) is 0 Å². The molecule has 0 aliphatic heterocycles. The molecule has 0 saturated heterocycles. The lowest BCUT2D eigenvalue weighted by atomic mass is 9.78. The Bertz CT molecular complexity index is 443. The van der Waals surface area contributed by atoms with E-state index in [-0.39, 0.29) is 0 Å². The molecule has 2 atom stereocenters. The predicted molar refractivity (Wildman–Crippen MR) is 74.3 cm³/mol. The Morgan fingerprint density at radius 1 is 1.44 bits per heavy atom. The van der Waals surface area contributed by atoms with E-state index in [0.717, 1.165) is 18.2 Å². The minimum atomic E-state index is 0.502. The molecule has 1 aromatic rings. The molecule has 2 heteroatoms. The first-order valence-electron chi connectivity index (χ1n) is 7.18. The average molecular weight is 245 g/mol. The molecule has 3 rings (SSSR count). The number of methoxy groups -OCH3 is 1. The van der Waals surface area contributed by atoms with Crippen molar-refractivity contribution in [2.45, 2.75) is 38.0 Å². The molecule has 0 radical (unpaired) electrons. The summed E-state index contributed by atoms with van der Waals surface area (Å²) in [6.45, 7) is 4.46. The second-order valence-electron chi connectivity index (χ2n) is 5.74. The van der Waals surface area contributed by atoms with Gasteiger partial charge in [-0.15, -0.1) is 0 Å². The molecule has 1 spiro atoms. The van der Waals surface area contributed by atoms with Crippen LogP contribution in [0.15, 0.2) is 18.2 Å². The van der Waals surface area contributed by atoms with Crippen LogP contribution in [0.2, 0.25) is 0 Å². The predicted octanol–water partition coefficient (Wildman–Crippen LogP) is 2.90. The third-order valence-corrected chi connectivity index (χ3v) is 4.79. The summed E-state index contributed by atoms with van der Waals surface area (Å²) in [7, 11) is 1.76. The highest BCUT2D eigenvalue weighted by Gasteiger charge is 2.55. The second kappa shape index (κ2) is 4.58. The fraction of sp³-hybridized carbons (Fsp3) is 0.625. The Morgan fingerprint density at radius 2 is 2.33 bits per heavy atom. The van der Waals surface area contributed by atoms with E-state index in [0.29, 0.717) is 5.41 Å². The molecule has 2 nitrogen and oxygen atoms in total. The maximum absolute atomic E-state index is 5.35. The highest BCUT2D eigenvalue weighted by atomic mass is 16.5. The van der Waals surface area contributed by atoms with Gasteiger partial charge in [-0.3, -0.25) is 0 Å². The summed E-state index contributed by atoms with van der Waals surface area (Å²) < 4.78 is 5.35. The van der Waals surface area contributed by atoms with Crippen molar-refractivity contribution in [1.82, 2.24) is 5.32 Å². The van der Waals surface area contributed by atoms with Gasteiger partial charge in [0.2, 0.25) is 0 Å². The lowest BCUT2D eigenvalue weighted by Crippen LogP contribution is -2.24. The number of benzene rings is 1. The fourth-order valence-electron chi connectivity index (χ4n) is 3.72. The van der Waals surface area contributed by atoms with Gasteiger partial charge in [-0.2, -0.15) is 0 Å². The summed E-state index contributed by atoms with van der Waals surface area (Å²) >= 11 is 0. The monoisotopic (exact) mass is 245 g/mol. The number of ether oxygens (including phenoxy) is 1. The molecule has 0 aromatic heterocycles. The van der Waals surface area contributed by atoms with Gasteiger partial charge >= 0.3 is 0 Å². The molecule has 18 heavy (non-hydrogen) atoms. The van der Waals surface area contributed by atoms with E-state index in [9.17, 15) is 0 Å². The summed E-state index contributed by atoms with van der Waals surface area (Å²) in [4.78, 5) is 0. The molecule has 0 heterocycles. The summed E-state index contributed by atoms with van der Waals surface area (Å²) in [6.07, 6.45) is 5.31. The van der Waals surface area contributed by atoms with Crippen LogP contribution in [-0.2, 0) is 11.8 Å². The number of rotatable bonds is 4. The van der Waals surface area contributed by atoms with E-state index in [1.54, 1.807) is 12.7 Å². The van der Waals surface area contributed by atoms with Crippen LogP contribution < -0.4 is 10.1 Å². The van der Waals surface area contributed by atoms with Gasteiger partial charge in [0.25, 0.3) is 0 Å². The quantitative estimate of drug-likeness (QED) is 0.880. The largest absolute Gasteiger partial charge is 0.497 e. The molecule has 98 valence electrons. The molecule has 1 N–H and O–H groups in total. The molecule has 1 saturated carbocycles. The number of hydrogen-bond donors (Lipinski definition) is 1. The third-order valence-electron chi connectivity index (χ3n) is 4.79. The van der Waals surface area contributed by atoms with Gasteiger partial charge in [0.1, 0.15) is 5.75 Å². The van der Waals surface area contributed by atoms with Crippen LogP contribution in [0, 0.1) is 5.92 Å². The van der Waals surface area contributed by atoms with E-state index in [2.05, 4.69) is 30.4 Å². The smallest absolute Gasteiger partial charge is 0.119 e. The van der Waals surface area contributed by atoms with Crippen molar-refractivity contribution in [2.75, 3.05) is 20.2 Å². The van der Waals surface area contributed by atoms with Crippen LogP contribution in [-0.4, -0.2) is 20.2 Å². The minimum Gasteiger partial charge on any atom is -0.497 e. The molecular weight excluding hydrogens is 222 g/mol. The van der Waals surface area contributed by atoms with Crippen LogP contribution in [0.5, 0.6) is 5.75 Å². The fourth-order valence-corrected chi connectivity index (χ4v) is 3.72. The van der Waals surface area contributed by atoms with Gasteiger partial charge in [0, 0.05) is 0 Å². The highest BCUT2D eigenvalue weighted by Crippen LogP contribution is 2.60. The first-order chi connectivity index (χ1) is 8.80. The molecule has 2 aliphatic rings. The summed E-state index contributed by atoms with van der Waals surface area (Å²) in [5.74, 6) is 1.86. The normalized spacial score (nSPS) is 29.1. The topological polar surface area (TPSA) is 21.3 Å². The molecule has 2 unspecified atom stereocenters. The van der Waals surface area contributed by atoms with Gasteiger partial charge in [-0.05, 0) is 73.4 Å². The summed E-state index contributed by atoms with van der Waals surface area (Å²) in [5, 5.41) is 3.51. The lowest BCUT2D eigenvalue weighted by molar-refractivity contribution is 0.411. The average Bonchev–Trinajstić information content (AvgIpc) is 3.10. The summed E-state index contributed by atoms with van der Waals surface area (Å²) in [5.41, 5.74) is 3.64. The minimum absolute atomic E-state index is 0.502. The zero-order valence-corrected chi connectivity index (χ0v) is 11.5. The Kier molecular flexibility index (Phi) is 3.06. The second-order valence-corrected chi connectivity index (χ2v) is 5.74. The van der Waals surface area contributed by atoms with Crippen molar-refractivity contribution in [3.8, 4) is 5.75 Å². The first kappa shape index (κ1) is 12.0. The van der Waals surface area contributed by atoms with Crippen LogP contribution in [0.3, 0.4) is 0 Å².